The van der Waals surface area contributed by atoms with Crippen LogP contribution >= 0.6 is 0 Å². The van der Waals surface area contributed by atoms with Crippen molar-refractivity contribution in [3.05, 3.63) is 35.9 Å². The van der Waals surface area contributed by atoms with Crippen molar-refractivity contribution < 1.29 is 13.9 Å². The summed E-state index contributed by atoms with van der Waals surface area (Å²) in [4.78, 5) is 11.2. The van der Waals surface area contributed by atoms with E-state index in [1.165, 1.54) is 0 Å². The summed E-state index contributed by atoms with van der Waals surface area (Å²) in [6, 6.07) is 8.40. The first-order valence-corrected chi connectivity index (χ1v) is 4.76. The average Bonchev–Trinajstić information content (AvgIpc) is 2.27. The van der Waals surface area contributed by atoms with E-state index in [9.17, 15) is 9.18 Å². The Morgan fingerprint density at radius 1 is 1.40 bits per heavy atom. The summed E-state index contributed by atoms with van der Waals surface area (Å²) >= 11 is 0. The Morgan fingerprint density at radius 3 is 2.67 bits per heavy atom. The number of nitrogens with two attached hydrogens (primary N) is 1. The zero-order chi connectivity index (χ0) is 11.1. The molecule has 0 unspecified atom stereocenters. The van der Waals surface area contributed by atoms with Crippen molar-refractivity contribution in [1.82, 2.24) is 0 Å². The molecular formula is C11H14FNO2. The standard InChI is InChI=1S/C11H14FNO2/c12-7-6-10(13)11(14)15-8-9-4-2-1-3-5-9/h1-5,10H,6-8,13H2/t10-/m0/s1. The van der Waals surface area contributed by atoms with Crippen LogP contribution in [0, 0.1) is 0 Å². The van der Waals surface area contributed by atoms with Gasteiger partial charge in [-0.3, -0.25) is 9.18 Å². The Bertz CT molecular complexity index is 303. The Kier molecular flexibility index (Phi) is 4.77. The van der Waals surface area contributed by atoms with E-state index in [1.54, 1.807) is 0 Å². The average molecular weight is 211 g/mol. The fraction of sp³-hybridized carbons (Fsp3) is 0.364. The van der Waals surface area contributed by atoms with Crippen molar-refractivity contribution in [2.24, 2.45) is 5.73 Å². The summed E-state index contributed by atoms with van der Waals surface area (Å²) in [6.45, 7) is -0.429. The van der Waals surface area contributed by atoms with Gasteiger partial charge in [-0.1, -0.05) is 30.3 Å². The van der Waals surface area contributed by atoms with Crippen LogP contribution in [-0.2, 0) is 16.1 Å². The molecule has 0 spiro atoms. The lowest BCUT2D eigenvalue weighted by Gasteiger charge is -2.09. The number of carbonyl (C=O) groups is 1. The lowest BCUT2D eigenvalue weighted by Crippen LogP contribution is -2.32. The molecule has 2 N–H and O–H groups in total. The predicted molar refractivity (Wildman–Crippen MR) is 54.8 cm³/mol. The number of benzene rings is 1. The third-order valence-corrected chi connectivity index (χ3v) is 1.95. The minimum Gasteiger partial charge on any atom is -0.460 e. The Hall–Kier alpha value is -1.42. The molecule has 0 saturated carbocycles. The highest BCUT2D eigenvalue weighted by molar-refractivity contribution is 5.75. The van der Waals surface area contributed by atoms with Crippen molar-refractivity contribution in [3.63, 3.8) is 0 Å². The van der Waals surface area contributed by atoms with Crippen LogP contribution < -0.4 is 5.73 Å². The molecule has 4 heteroatoms. The molecule has 3 nitrogen and oxygen atoms in total. The molecule has 0 saturated heterocycles. The summed E-state index contributed by atoms with van der Waals surface area (Å²) < 4.78 is 16.8. The molecular weight excluding hydrogens is 197 g/mol. The second kappa shape index (κ2) is 6.14. The summed E-state index contributed by atoms with van der Waals surface area (Å²) in [5.74, 6) is -0.559. The molecule has 0 radical (unpaired) electrons. The molecule has 0 bridgehead atoms. The minimum atomic E-state index is -0.862. The van der Waals surface area contributed by atoms with Crippen LogP contribution in [0.25, 0.3) is 0 Å². The minimum absolute atomic E-state index is 0.00756. The van der Waals surface area contributed by atoms with Crippen molar-refractivity contribution >= 4 is 5.97 Å². The van der Waals surface area contributed by atoms with Gasteiger partial charge in [0.15, 0.2) is 0 Å². The number of hydrogen-bond acceptors (Lipinski definition) is 3. The SMILES string of the molecule is N[C@@H](CCF)C(=O)OCc1ccccc1. The summed E-state index contributed by atoms with van der Waals surface area (Å²) in [7, 11) is 0. The lowest BCUT2D eigenvalue weighted by molar-refractivity contribution is -0.146. The van der Waals surface area contributed by atoms with Crippen LogP contribution in [0.2, 0.25) is 0 Å². The monoisotopic (exact) mass is 211 g/mol. The van der Waals surface area contributed by atoms with E-state index in [2.05, 4.69) is 0 Å². The van der Waals surface area contributed by atoms with E-state index in [0.29, 0.717) is 0 Å². The summed E-state index contributed by atoms with van der Waals surface area (Å²) in [5.41, 5.74) is 6.26. The molecule has 0 amide bonds. The largest absolute Gasteiger partial charge is 0.460 e. The van der Waals surface area contributed by atoms with E-state index >= 15 is 0 Å². The Balaban J connectivity index is 2.34. The molecule has 0 fully saturated rings. The fourth-order valence-corrected chi connectivity index (χ4v) is 1.07. The van der Waals surface area contributed by atoms with Crippen molar-refractivity contribution in [2.45, 2.75) is 19.1 Å². The van der Waals surface area contributed by atoms with Gasteiger partial charge in [0.2, 0.25) is 0 Å². The van der Waals surface area contributed by atoms with Crippen molar-refractivity contribution in [1.29, 1.82) is 0 Å². The van der Waals surface area contributed by atoms with Gasteiger partial charge >= 0.3 is 5.97 Å². The number of hydrogen-bond donors (Lipinski definition) is 1. The van der Waals surface area contributed by atoms with Gasteiger partial charge in [-0.05, 0) is 5.56 Å². The van der Waals surface area contributed by atoms with Crippen LogP contribution in [0.5, 0.6) is 0 Å². The highest BCUT2D eigenvalue weighted by atomic mass is 19.1. The van der Waals surface area contributed by atoms with E-state index in [0.717, 1.165) is 5.56 Å². The normalized spacial score (nSPS) is 12.1. The first-order chi connectivity index (χ1) is 7.24. The maximum atomic E-state index is 11.9. The van der Waals surface area contributed by atoms with Crippen LogP contribution in [-0.4, -0.2) is 18.7 Å². The van der Waals surface area contributed by atoms with Crippen LogP contribution in [0.4, 0.5) is 4.39 Å². The van der Waals surface area contributed by atoms with Crippen LogP contribution in [0.15, 0.2) is 30.3 Å². The Labute approximate surface area is 88.0 Å². The number of halogens is 1. The molecule has 0 aliphatic carbocycles. The van der Waals surface area contributed by atoms with Gasteiger partial charge in [-0.25, -0.2) is 0 Å². The third kappa shape index (κ3) is 4.08. The van der Waals surface area contributed by atoms with Gasteiger partial charge in [0.25, 0.3) is 0 Å². The first-order valence-electron chi connectivity index (χ1n) is 4.76. The van der Waals surface area contributed by atoms with Gasteiger partial charge < -0.3 is 10.5 Å². The smallest absolute Gasteiger partial charge is 0.323 e. The molecule has 1 aromatic rings. The number of esters is 1. The third-order valence-electron chi connectivity index (χ3n) is 1.95. The zero-order valence-corrected chi connectivity index (χ0v) is 8.36. The maximum Gasteiger partial charge on any atom is 0.323 e. The number of alkyl halides is 1. The van der Waals surface area contributed by atoms with Gasteiger partial charge in [-0.2, -0.15) is 0 Å². The predicted octanol–water partition coefficient (Wildman–Crippen LogP) is 1.42. The Morgan fingerprint density at radius 2 is 2.07 bits per heavy atom. The number of carbonyl (C=O) groups excluding carboxylic acids is 1. The number of rotatable bonds is 5. The van der Waals surface area contributed by atoms with Crippen LogP contribution in [0.3, 0.4) is 0 Å². The molecule has 1 rings (SSSR count). The highest BCUT2D eigenvalue weighted by Gasteiger charge is 2.14. The lowest BCUT2D eigenvalue weighted by atomic mass is 10.2. The van der Waals surface area contributed by atoms with Crippen molar-refractivity contribution in [3.8, 4) is 0 Å². The molecule has 0 aromatic heterocycles. The second-order valence-corrected chi connectivity index (χ2v) is 3.18. The molecule has 1 atom stereocenters. The van der Waals surface area contributed by atoms with E-state index in [4.69, 9.17) is 10.5 Å². The van der Waals surface area contributed by atoms with Crippen LogP contribution in [0.1, 0.15) is 12.0 Å². The quantitative estimate of drug-likeness (QED) is 0.749. The molecule has 0 aliphatic heterocycles. The van der Waals surface area contributed by atoms with E-state index < -0.39 is 18.7 Å². The van der Waals surface area contributed by atoms with Gasteiger partial charge in [-0.15, -0.1) is 0 Å². The van der Waals surface area contributed by atoms with Gasteiger partial charge in [0.05, 0.1) is 6.67 Å². The molecule has 0 heterocycles. The fourth-order valence-electron chi connectivity index (χ4n) is 1.07. The number of ether oxygens (including phenoxy) is 1. The topological polar surface area (TPSA) is 52.3 Å². The van der Waals surface area contributed by atoms with Gasteiger partial charge in [0, 0.05) is 6.42 Å². The molecule has 1 aromatic carbocycles. The first kappa shape index (κ1) is 11.7. The second-order valence-electron chi connectivity index (χ2n) is 3.18. The summed E-state index contributed by atoms with van der Waals surface area (Å²) in [5, 5.41) is 0. The molecule has 0 aliphatic rings. The summed E-state index contributed by atoms with van der Waals surface area (Å²) in [6.07, 6.45) is 0.00756. The highest BCUT2D eigenvalue weighted by Crippen LogP contribution is 2.02. The van der Waals surface area contributed by atoms with E-state index in [-0.39, 0.29) is 13.0 Å². The maximum absolute atomic E-state index is 11.9. The molecule has 15 heavy (non-hydrogen) atoms. The van der Waals surface area contributed by atoms with Gasteiger partial charge in [0.1, 0.15) is 12.6 Å². The van der Waals surface area contributed by atoms with E-state index in [1.807, 2.05) is 30.3 Å². The molecule has 82 valence electrons. The zero-order valence-electron chi connectivity index (χ0n) is 8.36. The van der Waals surface area contributed by atoms with Crippen molar-refractivity contribution in [2.75, 3.05) is 6.67 Å².